The van der Waals surface area contributed by atoms with E-state index in [2.05, 4.69) is 9.98 Å². The molecule has 0 saturated carbocycles. The van der Waals surface area contributed by atoms with Crippen molar-refractivity contribution in [2.75, 3.05) is 0 Å². The van der Waals surface area contributed by atoms with Gasteiger partial charge in [-0.25, -0.2) is 4.98 Å². The molecular weight excluding hydrogens is 196 g/mol. The molecule has 80 valence electrons. The number of nitrogens with two attached hydrogens (primary N) is 1. The first-order valence-corrected chi connectivity index (χ1v) is 4.77. The van der Waals surface area contributed by atoms with Crippen LogP contribution in [0.1, 0.15) is 25.1 Å². The lowest BCUT2D eigenvalue weighted by Gasteiger charge is -2.10. The molecular formula is C9H12N4O2. The Hall–Kier alpha value is -1.85. The van der Waals surface area contributed by atoms with E-state index >= 15 is 0 Å². The number of aryl methyl sites for hydroxylation is 1. The maximum Gasteiger partial charge on any atom is 0.297 e. The number of ether oxygens (including phenoxy) is 1. The second-order valence-electron chi connectivity index (χ2n) is 3.30. The number of nitrogens with zero attached hydrogens (tertiary/aromatic N) is 3. The number of carbonyl (C=O) groups excluding carboxylic acids is 1. The second-order valence-corrected chi connectivity index (χ2v) is 3.30. The number of aliphatic imine (C=N–C) groups is 1. The molecule has 0 aliphatic carbocycles. The van der Waals surface area contributed by atoms with Gasteiger partial charge in [0, 0.05) is 6.54 Å². The standard InChI is InChI=1S/C9H12N4O2/c1-2-3-13-5-11-4-6(13)7-8(14)12-9(10)15-7/h4-5,7H,2-3H2,1H3,(H2,10,12,14). The van der Waals surface area contributed by atoms with Gasteiger partial charge in [-0.2, -0.15) is 4.99 Å². The van der Waals surface area contributed by atoms with Crippen LogP contribution in [0.4, 0.5) is 0 Å². The molecule has 0 saturated heterocycles. The fourth-order valence-electron chi connectivity index (χ4n) is 1.53. The molecule has 1 amide bonds. The van der Waals surface area contributed by atoms with E-state index in [1.54, 1.807) is 12.5 Å². The van der Waals surface area contributed by atoms with E-state index in [1.165, 1.54) is 0 Å². The number of imidazole rings is 1. The maximum atomic E-state index is 11.4. The smallest absolute Gasteiger partial charge is 0.297 e. The molecule has 0 fully saturated rings. The van der Waals surface area contributed by atoms with E-state index in [0.29, 0.717) is 5.69 Å². The Balaban J connectivity index is 2.23. The van der Waals surface area contributed by atoms with E-state index in [1.807, 2.05) is 11.5 Å². The minimum absolute atomic E-state index is 0.0748. The predicted octanol–water partition coefficient (Wildman–Crippen LogP) is 0.206. The average Bonchev–Trinajstić information content (AvgIpc) is 2.73. The SMILES string of the molecule is CCCn1cncc1C1OC(N)=NC1=O. The van der Waals surface area contributed by atoms with Crippen molar-refractivity contribution in [3.05, 3.63) is 18.2 Å². The van der Waals surface area contributed by atoms with Crippen LogP contribution in [-0.4, -0.2) is 21.5 Å². The van der Waals surface area contributed by atoms with E-state index < -0.39 is 6.10 Å². The molecule has 0 radical (unpaired) electrons. The van der Waals surface area contributed by atoms with E-state index in [-0.39, 0.29) is 11.9 Å². The molecule has 0 aromatic carbocycles. The molecule has 1 aliphatic heterocycles. The summed E-state index contributed by atoms with van der Waals surface area (Å²) in [5.41, 5.74) is 6.02. The van der Waals surface area contributed by atoms with Crippen molar-refractivity contribution in [3.8, 4) is 0 Å². The van der Waals surface area contributed by atoms with Gasteiger partial charge >= 0.3 is 0 Å². The summed E-state index contributed by atoms with van der Waals surface area (Å²) < 4.78 is 6.99. The molecule has 1 aliphatic rings. The molecule has 2 N–H and O–H groups in total. The zero-order valence-corrected chi connectivity index (χ0v) is 8.38. The fourth-order valence-corrected chi connectivity index (χ4v) is 1.53. The number of amides is 1. The van der Waals surface area contributed by atoms with Crippen molar-refractivity contribution in [1.29, 1.82) is 0 Å². The fraction of sp³-hybridized carbons (Fsp3) is 0.444. The molecule has 0 bridgehead atoms. The highest BCUT2D eigenvalue weighted by atomic mass is 16.5. The van der Waals surface area contributed by atoms with Crippen molar-refractivity contribution < 1.29 is 9.53 Å². The van der Waals surface area contributed by atoms with Crippen molar-refractivity contribution >= 4 is 11.9 Å². The van der Waals surface area contributed by atoms with Gasteiger partial charge in [-0.3, -0.25) is 4.79 Å². The lowest BCUT2D eigenvalue weighted by atomic mass is 10.2. The molecule has 1 aromatic rings. The molecule has 1 atom stereocenters. The molecule has 2 heterocycles. The van der Waals surface area contributed by atoms with Gasteiger partial charge in [0.05, 0.1) is 18.2 Å². The zero-order valence-electron chi connectivity index (χ0n) is 8.38. The van der Waals surface area contributed by atoms with Gasteiger partial charge in [0.15, 0.2) is 0 Å². The van der Waals surface area contributed by atoms with Crippen LogP contribution in [0.15, 0.2) is 17.5 Å². The average molecular weight is 208 g/mol. The first-order valence-electron chi connectivity index (χ1n) is 4.77. The monoisotopic (exact) mass is 208 g/mol. The van der Waals surface area contributed by atoms with Gasteiger partial charge in [0.2, 0.25) is 6.10 Å². The Morgan fingerprint density at radius 3 is 3.07 bits per heavy atom. The van der Waals surface area contributed by atoms with Crippen LogP contribution in [0.25, 0.3) is 0 Å². The van der Waals surface area contributed by atoms with Crippen molar-refractivity contribution in [3.63, 3.8) is 0 Å². The third-order valence-corrected chi connectivity index (χ3v) is 2.16. The van der Waals surface area contributed by atoms with E-state index in [9.17, 15) is 4.79 Å². The molecule has 6 nitrogen and oxygen atoms in total. The third-order valence-electron chi connectivity index (χ3n) is 2.16. The highest BCUT2D eigenvalue weighted by molar-refractivity contribution is 5.98. The minimum atomic E-state index is -0.723. The van der Waals surface area contributed by atoms with Crippen LogP contribution >= 0.6 is 0 Å². The van der Waals surface area contributed by atoms with Gasteiger partial charge in [0.25, 0.3) is 11.9 Å². The summed E-state index contributed by atoms with van der Waals surface area (Å²) in [5.74, 6) is -0.370. The van der Waals surface area contributed by atoms with Crippen LogP contribution in [0.5, 0.6) is 0 Å². The largest absolute Gasteiger partial charge is 0.445 e. The van der Waals surface area contributed by atoms with Gasteiger partial charge in [-0.05, 0) is 6.42 Å². The summed E-state index contributed by atoms with van der Waals surface area (Å²) in [6.45, 7) is 2.84. The van der Waals surface area contributed by atoms with Gasteiger partial charge in [-0.15, -0.1) is 0 Å². The van der Waals surface area contributed by atoms with Gasteiger partial charge < -0.3 is 15.0 Å². The highest BCUT2D eigenvalue weighted by Crippen LogP contribution is 2.22. The van der Waals surface area contributed by atoms with E-state index in [4.69, 9.17) is 10.5 Å². The number of carbonyl (C=O) groups is 1. The Morgan fingerprint density at radius 2 is 2.47 bits per heavy atom. The summed E-state index contributed by atoms with van der Waals surface area (Å²) in [5, 5.41) is 0. The summed E-state index contributed by atoms with van der Waals surface area (Å²) in [6.07, 6.45) is 3.51. The molecule has 1 aromatic heterocycles. The van der Waals surface area contributed by atoms with Crippen LogP contribution in [0.2, 0.25) is 0 Å². The number of amidine groups is 1. The van der Waals surface area contributed by atoms with Crippen LogP contribution in [0, 0.1) is 0 Å². The summed E-state index contributed by atoms with van der Waals surface area (Å²) in [6, 6.07) is -0.0748. The van der Waals surface area contributed by atoms with Crippen molar-refractivity contribution in [2.45, 2.75) is 26.0 Å². The first-order chi connectivity index (χ1) is 7.22. The Bertz CT molecular complexity index is 410. The maximum absolute atomic E-state index is 11.4. The second kappa shape index (κ2) is 3.72. The molecule has 15 heavy (non-hydrogen) atoms. The van der Waals surface area contributed by atoms with Crippen LogP contribution in [-0.2, 0) is 16.1 Å². The Morgan fingerprint density at radius 1 is 1.67 bits per heavy atom. The summed E-state index contributed by atoms with van der Waals surface area (Å²) in [7, 11) is 0. The molecule has 0 spiro atoms. The van der Waals surface area contributed by atoms with Crippen LogP contribution in [0.3, 0.4) is 0 Å². The number of hydrogen-bond acceptors (Lipinski definition) is 4. The normalized spacial score (nSPS) is 20.2. The van der Waals surface area contributed by atoms with Crippen LogP contribution < -0.4 is 5.73 Å². The lowest BCUT2D eigenvalue weighted by molar-refractivity contribution is -0.123. The molecule has 2 rings (SSSR count). The number of hydrogen-bond donors (Lipinski definition) is 1. The Labute approximate surface area is 86.8 Å². The zero-order chi connectivity index (χ0) is 10.8. The number of rotatable bonds is 3. The minimum Gasteiger partial charge on any atom is -0.445 e. The highest BCUT2D eigenvalue weighted by Gasteiger charge is 2.31. The third kappa shape index (κ3) is 1.70. The summed E-state index contributed by atoms with van der Waals surface area (Å²) in [4.78, 5) is 18.9. The van der Waals surface area contributed by atoms with E-state index in [0.717, 1.165) is 13.0 Å². The topological polar surface area (TPSA) is 82.5 Å². The predicted molar refractivity (Wildman–Crippen MR) is 53.0 cm³/mol. The number of aromatic nitrogens is 2. The van der Waals surface area contributed by atoms with Crippen molar-refractivity contribution in [1.82, 2.24) is 9.55 Å². The summed E-state index contributed by atoms with van der Waals surface area (Å²) >= 11 is 0. The molecule has 6 heteroatoms. The Kier molecular flexibility index (Phi) is 2.40. The van der Waals surface area contributed by atoms with Crippen molar-refractivity contribution in [2.24, 2.45) is 10.7 Å². The first kappa shape index (κ1) is 9.70. The lowest BCUT2D eigenvalue weighted by Crippen LogP contribution is -2.16. The quantitative estimate of drug-likeness (QED) is 0.769. The van der Waals surface area contributed by atoms with Gasteiger partial charge in [-0.1, -0.05) is 6.92 Å². The van der Waals surface area contributed by atoms with Gasteiger partial charge in [0.1, 0.15) is 0 Å². The molecule has 1 unspecified atom stereocenters.